The summed E-state index contributed by atoms with van der Waals surface area (Å²) in [7, 11) is 0. The van der Waals surface area contributed by atoms with Gasteiger partial charge in [-0.3, -0.25) is 9.59 Å². The maximum Gasteiger partial charge on any atom is 0.305 e. The monoisotopic (exact) mass is 856 g/mol. The third-order valence-corrected chi connectivity index (χ3v) is 11.8. The van der Waals surface area contributed by atoms with Crippen LogP contribution in [0, 0.1) is 0 Å². The van der Waals surface area contributed by atoms with Gasteiger partial charge in [-0.2, -0.15) is 0 Å². The minimum atomic E-state index is -0.855. The number of carbonyl (C=O) groups is 2. The van der Waals surface area contributed by atoms with Crippen LogP contribution >= 0.6 is 0 Å². The van der Waals surface area contributed by atoms with Gasteiger partial charge in [-0.1, -0.05) is 204 Å². The summed E-state index contributed by atoms with van der Waals surface area (Å²) in [5.41, 5.74) is 0. The lowest BCUT2D eigenvalue weighted by Gasteiger charge is -2.20. The van der Waals surface area contributed by atoms with Crippen molar-refractivity contribution in [3.05, 3.63) is 48.6 Å². The number of unbranched alkanes of at least 4 members (excludes halogenated alkanes) is 31. The molecule has 0 heterocycles. The van der Waals surface area contributed by atoms with Gasteiger partial charge in [0.25, 0.3) is 0 Å². The van der Waals surface area contributed by atoms with E-state index in [1.54, 1.807) is 6.08 Å². The maximum absolute atomic E-state index is 12.4. The van der Waals surface area contributed by atoms with Gasteiger partial charge >= 0.3 is 5.97 Å². The van der Waals surface area contributed by atoms with E-state index in [0.29, 0.717) is 19.4 Å². The SMILES string of the molecule is CCCCCC/C=C\CCCCCCCC(=O)OCCCCC/C=C\C/C=C\CCCCCCCCCC(=O)NC(CO)C(O)/C=C/CCCCCCCCCCCCCC. The number of nitrogens with one attached hydrogen (secondary N) is 1. The van der Waals surface area contributed by atoms with Crippen LogP contribution in [0.4, 0.5) is 0 Å². The predicted molar refractivity (Wildman–Crippen MR) is 264 cm³/mol. The van der Waals surface area contributed by atoms with Gasteiger partial charge in [-0.05, 0) is 96.3 Å². The van der Waals surface area contributed by atoms with E-state index in [4.69, 9.17) is 4.74 Å². The molecule has 2 atom stereocenters. The van der Waals surface area contributed by atoms with E-state index in [-0.39, 0.29) is 18.5 Å². The van der Waals surface area contributed by atoms with Crippen LogP contribution in [0.25, 0.3) is 0 Å². The molecule has 0 aliphatic heterocycles. The van der Waals surface area contributed by atoms with Crippen molar-refractivity contribution in [2.45, 2.75) is 276 Å². The molecule has 0 aromatic rings. The van der Waals surface area contributed by atoms with Crippen molar-refractivity contribution in [3.8, 4) is 0 Å². The Morgan fingerprint density at radius 1 is 0.459 bits per heavy atom. The molecule has 0 rings (SSSR count). The summed E-state index contributed by atoms with van der Waals surface area (Å²) in [5.74, 6) is -0.112. The first-order valence-corrected chi connectivity index (χ1v) is 26.4. The summed E-state index contributed by atoms with van der Waals surface area (Å²) < 4.78 is 5.43. The Kier molecular flexibility index (Phi) is 48.7. The standard InChI is InChI=1S/C55H101NO5/c1-3-5-7-9-11-13-15-17-24-27-31-35-39-43-47-53(58)52(51-57)56-54(59)48-44-40-36-32-28-25-21-19-18-20-22-26-30-34-38-42-46-50-61-55(60)49-45-41-37-33-29-23-16-14-12-10-8-6-4-2/h14,16,18,20,26,30,43,47,52-53,57-58H,3-13,15,17,19,21-25,27-29,31-42,44-46,48-51H2,1-2H3,(H,56,59)/b16-14-,20-18-,30-26-,47-43+. The molecule has 0 radical (unpaired) electrons. The number of esters is 1. The van der Waals surface area contributed by atoms with E-state index >= 15 is 0 Å². The summed E-state index contributed by atoms with van der Waals surface area (Å²) in [6.07, 6.45) is 62.5. The largest absolute Gasteiger partial charge is 0.466 e. The van der Waals surface area contributed by atoms with E-state index in [1.165, 1.54) is 154 Å². The second-order valence-corrected chi connectivity index (χ2v) is 17.8. The highest BCUT2D eigenvalue weighted by atomic mass is 16.5. The van der Waals surface area contributed by atoms with Gasteiger partial charge in [-0.25, -0.2) is 0 Å². The van der Waals surface area contributed by atoms with E-state index < -0.39 is 12.1 Å². The Labute approximate surface area is 378 Å². The lowest BCUT2D eigenvalue weighted by Crippen LogP contribution is -2.45. The average molecular weight is 856 g/mol. The Bertz CT molecular complexity index is 1040. The van der Waals surface area contributed by atoms with E-state index in [0.717, 1.165) is 83.5 Å². The fourth-order valence-corrected chi connectivity index (χ4v) is 7.71. The first kappa shape index (κ1) is 58.8. The predicted octanol–water partition coefficient (Wildman–Crippen LogP) is 15.8. The summed E-state index contributed by atoms with van der Waals surface area (Å²) in [6.45, 7) is 4.83. The summed E-state index contributed by atoms with van der Waals surface area (Å²) in [5, 5.41) is 23.0. The first-order valence-electron chi connectivity index (χ1n) is 26.4. The van der Waals surface area contributed by atoms with Crippen LogP contribution in [0.15, 0.2) is 48.6 Å². The molecule has 61 heavy (non-hydrogen) atoms. The highest BCUT2D eigenvalue weighted by Crippen LogP contribution is 2.14. The number of hydrogen-bond donors (Lipinski definition) is 3. The molecule has 0 aliphatic carbocycles. The van der Waals surface area contributed by atoms with Crippen LogP contribution in [0.2, 0.25) is 0 Å². The van der Waals surface area contributed by atoms with Crippen molar-refractivity contribution < 1.29 is 24.5 Å². The molecule has 0 aromatic heterocycles. The topological polar surface area (TPSA) is 95.9 Å². The van der Waals surface area contributed by atoms with Crippen LogP contribution in [-0.4, -0.2) is 47.4 Å². The van der Waals surface area contributed by atoms with Crippen LogP contribution in [0.5, 0.6) is 0 Å². The second-order valence-electron chi connectivity index (χ2n) is 17.8. The third kappa shape index (κ3) is 47.1. The summed E-state index contributed by atoms with van der Waals surface area (Å²) in [4.78, 5) is 24.4. The van der Waals surface area contributed by atoms with Gasteiger partial charge in [0, 0.05) is 12.8 Å². The Morgan fingerprint density at radius 2 is 0.820 bits per heavy atom. The minimum Gasteiger partial charge on any atom is -0.466 e. The number of allylic oxidation sites excluding steroid dienone is 7. The molecular weight excluding hydrogens is 755 g/mol. The highest BCUT2D eigenvalue weighted by molar-refractivity contribution is 5.76. The third-order valence-electron chi connectivity index (χ3n) is 11.8. The molecule has 0 aromatic carbocycles. The molecule has 6 heteroatoms. The van der Waals surface area contributed by atoms with Gasteiger partial charge in [0.05, 0.1) is 25.4 Å². The van der Waals surface area contributed by atoms with Gasteiger partial charge < -0.3 is 20.3 Å². The van der Waals surface area contributed by atoms with E-state index in [2.05, 4.69) is 55.6 Å². The number of hydrogen-bond acceptors (Lipinski definition) is 5. The molecule has 0 bridgehead atoms. The fraction of sp³-hybridized carbons (Fsp3) is 0.818. The Balaban J connectivity index is 3.55. The number of aliphatic hydroxyl groups is 2. The van der Waals surface area contributed by atoms with Crippen molar-refractivity contribution in [1.82, 2.24) is 5.32 Å². The zero-order valence-corrected chi connectivity index (χ0v) is 40.4. The van der Waals surface area contributed by atoms with Crippen LogP contribution in [-0.2, 0) is 14.3 Å². The number of ether oxygens (including phenoxy) is 1. The minimum absolute atomic E-state index is 0.0266. The molecule has 0 spiro atoms. The summed E-state index contributed by atoms with van der Waals surface area (Å²) >= 11 is 0. The molecule has 6 nitrogen and oxygen atoms in total. The van der Waals surface area contributed by atoms with Gasteiger partial charge in [0.1, 0.15) is 0 Å². The molecule has 0 fully saturated rings. The van der Waals surface area contributed by atoms with E-state index in [9.17, 15) is 19.8 Å². The summed E-state index contributed by atoms with van der Waals surface area (Å²) in [6, 6.07) is -0.640. The second kappa shape index (κ2) is 50.5. The normalized spacial score (nSPS) is 13.0. The van der Waals surface area contributed by atoms with Crippen LogP contribution in [0.3, 0.4) is 0 Å². The van der Waals surface area contributed by atoms with Crippen molar-refractivity contribution >= 4 is 11.9 Å². The fourth-order valence-electron chi connectivity index (χ4n) is 7.71. The zero-order valence-electron chi connectivity index (χ0n) is 40.4. The molecule has 0 saturated carbocycles. The lowest BCUT2D eigenvalue weighted by atomic mass is 10.0. The molecule has 3 N–H and O–H groups in total. The van der Waals surface area contributed by atoms with Crippen molar-refractivity contribution in [3.63, 3.8) is 0 Å². The Morgan fingerprint density at radius 3 is 1.28 bits per heavy atom. The van der Waals surface area contributed by atoms with Crippen molar-refractivity contribution in [2.24, 2.45) is 0 Å². The lowest BCUT2D eigenvalue weighted by molar-refractivity contribution is -0.143. The number of amides is 1. The number of aliphatic hydroxyl groups excluding tert-OH is 2. The highest BCUT2D eigenvalue weighted by Gasteiger charge is 2.18. The van der Waals surface area contributed by atoms with Gasteiger partial charge in [0.15, 0.2) is 0 Å². The number of carbonyl (C=O) groups excluding carboxylic acids is 2. The molecule has 0 saturated heterocycles. The van der Waals surface area contributed by atoms with Crippen molar-refractivity contribution in [2.75, 3.05) is 13.2 Å². The smallest absolute Gasteiger partial charge is 0.305 e. The molecule has 1 amide bonds. The maximum atomic E-state index is 12.4. The van der Waals surface area contributed by atoms with Gasteiger partial charge in [-0.15, -0.1) is 0 Å². The van der Waals surface area contributed by atoms with Crippen molar-refractivity contribution in [1.29, 1.82) is 0 Å². The van der Waals surface area contributed by atoms with Crippen LogP contribution in [0.1, 0.15) is 264 Å². The molecule has 2 unspecified atom stereocenters. The molecule has 356 valence electrons. The average Bonchev–Trinajstić information content (AvgIpc) is 3.26. The zero-order chi connectivity index (χ0) is 44.4. The Hall–Kier alpha value is -2.18. The number of rotatable bonds is 48. The van der Waals surface area contributed by atoms with E-state index in [1.807, 2.05) is 6.08 Å². The quantitative estimate of drug-likeness (QED) is 0.0322. The molecular formula is C55H101NO5. The van der Waals surface area contributed by atoms with Crippen LogP contribution < -0.4 is 5.32 Å². The molecule has 0 aliphatic rings. The van der Waals surface area contributed by atoms with Gasteiger partial charge in [0.2, 0.25) is 5.91 Å². The first-order chi connectivity index (χ1) is 30.0.